The summed E-state index contributed by atoms with van der Waals surface area (Å²) in [5.74, 6) is 1.79. The van der Waals surface area contributed by atoms with E-state index in [1.807, 2.05) is 24.9 Å². The highest BCUT2D eigenvalue weighted by Gasteiger charge is 2.27. The zero-order valence-electron chi connectivity index (χ0n) is 11.8. The van der Waals surface area contributed by atoms with E-state index in [0.29, 0.717) is 17.7 Å². The van der Waals surface area contributed by atoms with Crippen molar-refractivity contribution >= 4 is 5.91 Å². The summed E-state index contributed by atoms with van der Waals surface area (Å²) in [7, 11) is 1.86. The molecule has 1 N–H and O–H groups in total. The van der Waals surface area contributed by atoms with Gasteiger partial charge in [-0.1, -0.05) is 0 Å². The minimum Gasteiger partial charge on any atom is -0.456 e. The number of furan rings is 1. The fourth-order valence-corrected chi connectivity index (χ4v) is 2.89. The Morgan fingerprint density at radius 2 is 2.05 bits per heavy atom. The number of hydrogen-bond acceptors (Lipinski definition) is 3. The number of aliphatic hydroxyl groups excluding tert-OH is 1. The molecule has 1 aliphatic carbocycles. The number of aryl methyl sites for hydroxylation is 1. The number of nitrogens with zero attached hydrogens (tertiary/aromatic N) is 1. The average Bonchev–Trinajstić information content (AvgIpc) is 2.85. The van der Waals surface area contributed by atoms with Gasteiger partial charge in [0, 0.05) is 19.7 Å². The van der Waals surface area contributed by atoms with Gasteiger partial charge >= 0.3 is 0 Å². The Balaban J connectivity index is 1.90. The zero-order chi connectivity index (χ0) is 13.8. The molecule has 1 aromatic rings. The summed E-state index contributed by atoms with van der Waals surface area (Å²) in [6.07, 6.45) is 5.13. The Kier molecular flexibility index (Phi) is 4.64. The number of rotatable bonds is 4. The Labute approximate surface area is 114 Å². The molecule has 0 aliphatic heterocycles. The molecule has 1 aliphatic rings. The Morgan fingerprint density at radius 1 is 1.37 bits per heavy atom. The molecule has 1 amide bonds. The second-order valence-electron chi connectivity index (χ2n) is 5.51. The van der Waals surface area contributed by atoms with Gasteiger partial charge in [-0.2, -0.15) is 0 Å². The number of amides is 1. The first-order valence-corrected chi connectivity index (χ1v) is 7.06. The van der Waals surface area contributed by atoms with Crippen molar-refractivity contribution in [2.75, 3.05) is 13.7 Å². The Bertz CT molecular complexity index is 419. The van der Waals surface area contributed by atoms with E-state index in [9.17, 15) is 4.79 Å². The van der Waals surface area contributed by atoms with E-state index in [1.165, 1.54) is 0 Å². The number of carbonyl (C=O) groups is 1. The predicted molar refractivity (Wildman–Crippen MR) is 73.0 cm³/mol. The van der Waals surface area contributed by atoms with Gasteiger partial charge in [0.25, 0.3) is 5.91 Å². The van der Waals surface area contributed by atoms with Crippen LogP contribution in [0.5, 0.6) is 0 Å². The zero-order valence-corrected chi connectivity index (χ0v) is 11.8. The van der Waals surface area contributed by atoms with Crippen molar-refractivity contribution in [2.45, 2.75) is 45.1 Å². The molecule has 0 bridgehead atoms. The van der Waals surface area contributed by atoms with E-state index in [-0.39, 0.29) is 12.5 Å². The van der Waals surface area contributed by atoms with Crippen LogP contribution in [0.1, 0.15) is 48.4 Å². The largest absolute Gasteiger partial charge is 0.456 e. The lowest BCUT2D eigenvalue weighted by Crippen LogP contribution is -2.39. The molecule has 4 nitrogen and oxygen atoms in total. The van der Waals surface area contributed by atoms with Gasteiger partial charge in [-0.05, 0) is 57.1 Å². The van der Waals surface area contributed by atoms with Crippen molar-refractivity contribution in [1.29, 1.82) is 0 Å². The van der Waals surface area contributed by atoms with Crippen LogP contribution in [0, 0.1) is 12.8 Å². The highest BCUT2D eigenvalue weighted by molar-refractivity contribution is 5.91. The highest BCUT2D eigenvalue weighted by Crippen LogP contribution is 2.29. The maximum absolute atomic E-state index is 12.3. The minimum atomic E-state index is -0.0290. The molecule has 1 heterocycles. The van der Waals surface area contributed by atoms with Crippen molar-refractivity contribution in [3.8, 4) is 0 Å². The van der Waals surface area contributed by atoms with E-state index in [0.717, 1.165) is 37.9 Å². The predicted octanol–water partition coefficient (Wildman–Crippen LogP) is 2.60. The second kappa shape index (κ2) is 6.24. The first-order chi connectivity index (χ1) is 9.11. The van der Waals surface area contributed by atoms with Crippen LogP contribution in [-0.4, -0.2) is 35.6 Å². The third kappa shape index (κ3) is 3.38. The summed E-state index contributed by atoms with van der Waals surface area (Å²) in [6.45, 7) is 2.12. The molecule has 2 rings (SSSR count). The van der Waals surface area contributed by atoms with Crippen molar-refractivity contribution < 1.29 is 14.3 Å². The van der Waals surface area contributed by atoms with Crippen LogP contribution < -0.4 is 0 Å². The summed E-state index contributed by atoms with van der Waals surface area (Å²) < 4.78 is 5.39. The van der Waals surface area contributed by atoms with E-state index in [1.54, 1.807) is 6.07 Å². The van der Waals surface area contributed by atoms with Gasteiger partial charge in [0.2, 0.25) is 0 Å². The third-order valence-corrected chi connectivity index (χ3v) is 4.17. The monoisotopic (exact) mass is 265 g/mol. The summed E-state index contributed by atoms with van der Waals surface area (Å²) in [6, 6.07) is 3.86. The first-order valence-electron chi connectivity index (χ1n) is 7.06. The molecular formula is C15H23NO3. The molecule has 19 heavy (non-hydrogen) atoms. The van der Waals surface area contributed by atoms with Crippen molar-refractivity contribution in [3.63, 3.8) is 0 Å². The number of carbonyl (C=O) groups excluding carboxylic acids is 1. The topological polar surface area (TPSA) is 53.7 Å². The van der Waals surface area contributed by atoms with E-state index >= 15 is 0 Å². The first kappa shape index (κ1) is 14.1. The lowest BCUT2D eigenvalue weighted by Gasteiger charge is -2.34. The van der Waals surface area contributed by atoms with Crippen molar-refractivity contribution in [3.05, 3.63) is 23.7 Å². The van der Waals surface area contributed by atoms with Crippen LogP contribution in [0.25, 0.3) is 0 Å². The average molecular weight is 265 g/mol. The molecule has 0 radical (unpaired) electrons. The fraction of sp³-hybridized carbons (Fsp3) is 0.667. The molecule has 0 unspecified atom stereocenters. The summed E-state index contributed by atoms with van der Waals surface area (Å²) in [4.78, 5) is 14.1. The highest BCUT2D eigenvalue weighted by atomic mass is 16.3. The van der Waals surface area contributed by atoms with Crippen LogP contribution >= 0.6 is 0 Å². The second-order valence-corrected chi connectivity index (χ2v) is 5.51. The van der Waals surface area contributed by atoms with Gasteiger partial charge in [-0.3, -0.25) is 4.79 Å². The molecule has 0 atom stereocenters. The van der Waals surface area contributed by atoms with E-state index in [2.05, 4.69) is 0 Å². The lowest BCUT2D eigenvalue weighted by atomic mass is 9.84. The minimum absolute atomic E-state index is 0.0290. The van der Waals surface area contributed by atoms with Gasteiger partial charge in [0.15, 0.2) is 5.76 Å². The van der Waals surface area contributed by atoms with Crippen LogP contribution in [0.15, 0.2) is 16.5 Å². The molecule has 1 fully saturated rings. The summed E-state index contributed by atoms with van der Waals surface area (Å²) in [5.41, 5.74) is 0. The van der Waals surface area contributed by atoms with Crippen LogP contribution in [-0.2, 0) is 0 Å². The van der Waals surface area contributed by atoms with Gasteiger partial charge < -0.3 is 14.4 Å². The normalized spacial score (nSPS) is 23.3. The maximum Gasteiger partial charge on any atom is 0.289 e. The number of hydrogen-bond donors (Lipinski definition) is 1. The molecule has 0 spiro atoms. The SMILES string of the molecule is Cc1ccc(C(=O)N(C)C2CCC(CCO)CC2)o1. The van der Waals surface area contributed by atoms with E-state index < -0.39 is 0 Å². The van der Waals surface area contributed by atoms with Crippen LogP contribution in [0.4, 0.5) is 0 Å². The smallest absolute Gasteiger partial charge is 0.289 e. The van der Waals surface area contributed by atoms with Gasteiger partial charge in [-0.15, -0.1) is 0 Å². The lowest BCUT2D eigenvalue weighted by molar-refractivity contribution is 0.0634. The Hall–Kier alpha value is -1.29. The fourth-order valence-electron chi connectivity index (χ4n) is 2.89. The molecule has 1 aromatic heterocycles. The molecule has 0 aromatic carbocycles. The number of aliphatic hydroxyl groups is 1. The summed E-state index contributed by atoms with van der Waals surface area (Å²) in [5, 5.41) is 8.96. The van der Waals surface area contributed by atoms with Gasteiger partial charge in [-0.25, -0.2) is 0 Å². The molecule has 0 saturated heterocycles. The molecular weight excluding hydrogens is 242 g/mol. The van der Waals surface area contributed by atoms with Crippen molar-refractivity contribution in [1.82, 2.24) is 4.90 Å². The van der Waals surface area contributed by atoms with Crippen LogP contribution in [0.3, 0.4) is 0 Å². The molecule has 1 saturated carbocycles. The maximum atomic E-state index is 12.3. The quantitative estimate of drug-likeness (QED) is 0.910. The molecule has 4 heteroatoms. The van der Waals surface area contributed by atoms with Gasteiger partial charge in [0.1, 0.15) is 5.76 Å². The standard InChI is InChI=1S/C15H23NO3/c1-11-3-8-14(19-11)15(18)16(2)13-6-4-12(5-7-13)9-10-17/h3,8,12-13,17H,4-7,9-10H2,1-2H3. The third-order valence-electron chi connectivity index (χ3n) is 4.17. The van der Waals surface area contributed by atoms with Gasteiger partial charge in [0.05, 0.1) is 0 Å². The van der Waals surface area contributed by atoms with E-state index in [4.69, 9.17) is 9.52 Å². The van der Waals surface area contributed by atoms with Crippen molar-refractivity contribution in [2.24, 2.45) is 5.92 Å². The van der Waals surface area contributed by atoms with Crippen LogP contribution in [0.2, 0.25) is 0 Å². The Morgan fingerprint density at radius 3 is 2.58 bits per heavy atom. The molecule has 106 valence electrons. The summed E-state index contributed by atoms with van der Waals surface area (Å²) >= 11 is 0.